The lowest BCUT2D eigenvalue weighted by Gasteiger charge is -2.27. The van der Waals surface area contributed by atoms with Gasteiger partial charge in [0.15, 0.2) is 0 Å². The Balaban J connectivity index is 3.28. The molecule has 0 heterocycles. The molecule has 0 aromatic heterocycles. The molecule has 0 fully saturated rings. The molecular weight excluding hydrogens is 156 g/mol. The van der Waals surface area contributed by atoms with Gasteiger partial charge in [-0.1, -0.05) is 0 Å². The number of nitrogen functional groups attached to an aromatic ring is 3. The number of nitrogens with zero attached hydrogens (tertiary/aromatic N) is 1. The fourth-order valence-electron chi connectivity index (χ4n) is 1.07. The first-order chi connectivity index (χ1) is 5.52. The zero-order valence-corrected chi connectivity index (χ0v) is 6.74. The number of nitrogens with two attached hydrogens (primary N) is 3. The molecule has 1 aromatic rings. The summed E-state index contributed by atoms with van der Waals surface area (Å²) in [6.07, 6.45) is 0. The quantitative estimate of drug-likeness (QED) is 0.414. The first kappa shape index (κ1) is 8.48. The van der Waals surface area contributed by atoms with Crippen LogP contribution in [0, 0.1) is 5.21 Å². The van der Waals surface area contributed by atoms with Gasteiger partial charge in [0.2, 0.25) is 0 Å². The minimum atomic E-state index is 0.268. The minimum Gasteiger partial charge on any atom is -0.758 e. The molecule has 0 atom stereocenters. The second-order valence-electron chi connectivity index (χ2n) is 2.55. The Bertz CT molecular complexity index is 274. The van der Waals surface area contributed by atoms with Crippen LogP contribution in [-0.4, -0.2) is 7.05 Å². The highest BCUT2D eigenvalue weighted by Gasteiger charge is 2.03. The monoisotopic (exact) mass is 167 g/mol. The number of benzene rings is 1. The van der Waals surface area contributed by atoms with E-state index in [2.05, 4.69) is 0 Å². The molecule has 12 heavy (non-hydrogen) atoms. The Morgan fingerprint density at radius 1 is 1.17 bits per heavy atom. The molecule has 0 radical (unpaired) electrons. The van der Waals surface area contributed by atoms with Gasteiger partial charge in [-0.05, 0) is 19.2 Å². The SMILES string of the molecule is CN([O-])c1c(N)cc(N)cc1N. The van der Waals surface area contributed by atoms with Crippen molar-refractivity contribution in [3.8, 4) is 0 Å². The van der Waals surface area contributed by atoms with Crippen molar-refractivity contribution >= 4 is 22.7 Å². The molecule has 0 saturated carbocycles. The highest BCUT2D eigenvalue weighted by Crippen LogP contribution is 2.31. The van der Waals surface area contributed by atoms with Gasteiger partial charge in [0, 0.05) is 5.69 Å². The molecule has 0 saturated heterocycles. The van der Waals surface area contributed by atoms with Crippen molar-refractivity contribution in [1.82, 2.24) is 0 Å². The van der Waals surface area contributed by atoms with Gasteiger partial charge in [0.05, 0.1) is 17.1 Å². The van der Waals surface area contributed by atoms with Crippen molar-refractivity contribution in [2.45, 2.75) is 0 Å². The lowest BCUT2D eigenvalue weighted by Crippen LogP contribution is -2.11. The average molecular weight is 167 g/mol. The summed E-state index contributed by atoms with van der Waals surface area (Å²) in [5.74, 6) is 0. The van der Waals surface area contributed by atoms with Crippen molar-refractivity contribution in [2.75, 3.05) is 29.3 Å². The van der Waals surface area contributed by atoms with Crippen LogP contribution in [0.5, 0.6) is 0 Å². The summed E-state index contributed by atoms with van der Waals surface area (Å²) in [6, 6.07) is 3.00. The van der Waals surface area contributed by atoms with Gasteiger partial charge in [-0.3, -0.25) is 0 Å². The highest BCUT2D eigenvalue weighted by molar-refractivity contribution is 5.84. The number of rotatable bonds is 1. The third kappa shape index (κ3) is 1.35. The van der Waals surface area contributed by atoms with E-state index in [1.165, 1.54) is 19.2 Å². The Morgan fingerprint density at radius 2 is 1.58 bits per heavy atom. The number of hydroxylamine groups is 1. The molecule has 0 aliphatic rings. The molecule has 0 amide bonds. The Labute approximate surface area is 70.3 Å². The minimum absolute atomic E-state index is 0.268. The maximum atomic E-state index is 10.9. The second kappa shape index (κ2) is 2.78. The topological polar surface area (TPSA) is 104 Å². The Morgan fingerprint density at radius 3 is 1.92 bits per heavy atom. The summed E-state index contributed by atoms with van der Waals surface area (Å²) in [4.78, 5) is 0. The van der Waals surface area contributed by atoms with E-state index in [4.69, 9.17) is 17.2 Å². The molecule has 1 rings (SSSR count). The summed E-state index contributed by atoms with van der Waals surface area (Å²) < 4.78 is 0. The zero-order valence-electron chi connectivity index (χ0n) is 6.74. The van der Waals surface area contributed by atoms with Crippen molar-refractivity contribution in [2.24, 2.45) is 0 Å². The molecule has 0 aliphatic heterocycles. The van der Waals surface area contributed by atoms with Crippen LogP contribution in [0.15, 0.2) is 12.1 Å². The summed E-state index contributed by atoms with van der Waals surface area (Å²) >= 11 is 0. The number of hydrogen-bond donors (Lipinski definition) is 3. The molecule has 6 N–H and O–H groups in total. The van der Waals surface area contributed by atoms with E-state index in [1.807, 2.05) is 0 Å². The lowest BCUT2D eigenvalue weighted by molar-refractivity contribution is 1.22. The maximum absolute atomic E-state index is 10.9. The predicted octanol–water partition coefficient (Wildman–Crippen LogP) is 0.367. The molecule has 0 unspecified atom stereocenters. The van der Waals surface area contributed by atoms with Gasteiger partial charge in [0.25, 0.3) is 0 Å². The van der Waals surface area contributed by atoms with Crippen molar-refractivity contribution < 1.29 is 0 Å². The van der Waals surface area contributed by atoms with Crippen LogP contribution < -0.4 is 22.3 Å². The van der Waals surface area contributed by atoms with Crippen molar-refractivity contribution in [1.29, 1.82) is 0 Å². The van der Waals surface area contributed by atoms with Crippen LogP contribution in [-0.2, 0) is 0 Å². The molecule has 1 aromatic carbocycles. The van der Waals surface area contributed by atoms with Crippen LogP contribution in [0.2, 0.25) is 0 Å². The van der Waals surface area contributed by atoms with E-state index < -0.39 is 0 Å². The smallest absolute Gasteiger partial charge is 0.0726 e. The average Bonchev–Trinajstić information content (AvgIpc) is 1.82. The lowest BCUT2D eigenvalue weighted by atomic mass is 10.2. The van der Waals surface area contributed by atoms with Crippen LogP contribution in [0.4, 0.5) is 22.7 Å². The molecule has 0 spiro atoms. The number of anilines is 4. The van der Waals surface area contributed by atoms with E-state index >= 15 is 0 Å². The maximum Gasteiger partial charge on any atom is 0.0726 e. The van der Waals surface area contributed by atoms with E-state index in [0.717, 1.165) is 0 Å². The first-order valence-corrected chi connectivity index (χ1v) is 3.37. The summed E-state index contributed by atoms with van der Waals surface area (Å²) in [5, 5.41) is 11.5. The normalized spacial score (nSPS) is 9.83. The van der Waals surface area contributed by atoms with Crippen molar-refractivity contribution in [3.05, 3.63) is 17.3 Å². The second-order valence-corrected chi connectivity index (χ2v) is 2.55. The van der Waals surface area contributed by atoms with Gasteiger partial charge in [0.1, 0.15) is 0 Å². The van der Waals surface area contributed by atoms with Crippen LogP contribution in [0.3, 0.4) is 0 Å². The Hall–Kier alpha value is -1.62. The highest BCUT2D eigenvalue weighted by atomic mass is 16.5. The number of hydrogen-bond acceptors (Lipinski definition) is 5. The first-order valence-electron chi connectivity index (χ1n) is 3.37. The van der Waals surface area contributed by atoms with Crippen LogP contribution in [0.25, 0.3) is 0 Å². The van der Waals surface area contributed by atoms with E-state index in [0.29, 0.717) is 22.1 Å². The van der Waals surface area contributed by atoms with Gasteiger partial charge in [-0.25, -0.2) is 0 Å². The van der Waals surface area contributed by atoms with Crippen LogP contribution >= 0.6 is 0 Å². The standard InChI is InChI=1S/C7H11N4O/c1-11(12)7-5(9)2-4(8)3-6(7)10/h2-3H,8-10H2,1H3/q-1. The molecule has 5 nitrogen and oxygen atoms in total. The molecule has 66 valence electrons. The van der Waals surface area contributed by atoms with E-state index in [-0.39, 0.29) is 5.69 Å². The Kier molecular flexibility index (Phi) is 1.97. The molecular formula is C7H11N4O-. The third-order valence-electron chi connectivity index (χ3n) is 1.51. The third-order valence-corrected chi connectivity index (χ3v) is 1.51. The molecule has 0 bridgehead atoms. The van der Waals surface area contributed by atoms with Crippen LogP contribution in [0.1, 0.15) is 0 Å². The fraction of sp³-hybridized carbons (Fsp3) is 0.143. The molecule has 5 heteroatoms. The summed E-state index contributed by atoms with van der Waals surface area (Å²) in [6.45, 7) is 0. The van der Waals surface area contributed by atoms with Gasteiger partial charge < -0.3 is 27.5 Å². The van der Waals surface area contributed by atoms with Crippen molar-refractivity contribution in [3.63, 3.8) is 0 Å². The van der Waals surface area contributed by atoms with Gasteiger partial charge in [-0.2, -0.15) is 0 Å². The van der Waals surface area contributed by atoms with Gasteiger partial charge >= 0.3 is 0 Å². The largest absolute Gasteiger partial charge is 0.758 e. The molecule has 0 aliphatic carbocycles. The predicted molar refractivity (Wildman–Crippen MR) is 51.4 cm³/mol. The van der Waals surface area contributed by atoms with E-state index in [1.54, 1.807) is 0 Å². The zero-order chi connectivity index (χ0) is 9.30. The van der Waals surface area contributed by atoms with E-state index in [9.17, 15) is 5.21 Å². The van der Waals surface area contributed by atoms with Gasteiger partial charge in [-0.15, -0.1) is 0 Å². The summed E-state index contributed by atoms with van der Waals surface area (Å²) in [7, 11) is 1.33. The summed E-state index contributed by atoms with van der Waals surface area (Å²) in [5.41, 5.74) is 17.8. The fourth-order valence-corrected chi connectivity index (χ4v) is 1.07.